The van der Waals surface area contributed by atoms with Crippen LogP contribution in [0, 0.1) is 17.1 Å². The van der Waals surface area contributed by atoms with E-state index < -0.39 is 34.8 Å². The van der Waals surface area contributed by atoms with Crippen molar-refractivity contribution in [1.29, 1.82) is 5.26 Å². The Kier molecular flexibility index (Phi) is 8.02. The van der Waals surface area contributed by atoms with Crippen LogP contribution >= 0.6 is 11.6 Å². The van der Waals surface area contributed by atoms with E-state index in [0.717, 1.165) is 19.4 Å². The fraction of sp³-hybridized carbons (Fsp3) is 0.382. The van der Waals surface area contributed by atoms with Crippen molar-refractivity contribution in [2.45, 2.75) is 42.9 Å². The van der Waals surface area contributed by atoms with E-state index in [1.807, 2.05) is 12.1 Å². The highest BCUT2D eigenvalue weighted by molar-refractivity contribution is 6.36. The quantitative estimate of drug-likeness (QED) is 0.255. The lowest BCUT2D eigenvalue weighted by atomic mass is 9.85. The van der Waals surface area contributed by atoms with E-state index in [2.05, 4.69) is 27.8 Å². The van der Waals surface area contributed by atoms with Crippen LogP contribution < -0.4 is 10.1 Å². The van der Waals surface area contributed by atoms with E-state index in [1.54, 1.807) is 24.3 Å². The van der Waals surface area contributed by atoms with Gasteiger partial charge < -0.3 is 15.0 Å². The Morgan fingerprint density at radius 3 is 2.85 bits per heavy atom. The summed E-state index contributed by atoms with van der Waals surface area (Å²) < 4.78 is 49.8. The number of nitrogens with one attached hydrogen (secondary N) is 1. The predicted octanol–water partition coefficient (Wildman–Crippen LogP) is 5.62. The van der Waals surface area contributed by atoms with Crippen molar-refractivity contribution >= 4 is 39.3 Å². The maximum atomic E-state index is 14.6. The molecule has 7 rings (SSSR count). The Morgan fingerprint density at radius 1 is 1.19 bits per heavy atom. The molecule has 1 amide bonds. The van der Waals surface area contributed by atoms with Gasteiger partial charge in [-0.3, -0.25) is 9.69 Å². The molecular weight excluding hydrogens is 631 g/mol. The van der Waals surface area contributed by atoms with Crippen LogP contribution in [0.5, 0.6) is 6.01 Å². The minimum Gasteiger partial charge on any atom is -0.461 e. The monoisotopic (exact) mass is 661 g/mol. The van der Waals surface area contributed by atoms with Crippen LogP contribution in [0.25, 0.3) is 33.1 Å². The smallest absolute Gasteiger partial charge is 0.318 e. The molecule has 0 radical (unpaired) electrons. The number of amides is 1. The van der Waals surface area contributed by atoms with Crippen LogP contribution in [0.15, 0.2) is 54.9 Å². The van der Waals surface area contributed by atoms with Crippen LogP contribution in [0.2, 0.25) is 5.02 Å². The van der Waals surface area contributed by atoms with Crippen LogP contribution in [0.1, 0.15) is 31.4 Å². The summed E-state index contributed by atoms with van der Waals surface area (Å²) in [4.78, 5) is 30.9. The number of fused-ring (bicyclic) bond motifs is 3. The van der Waals surface area contributed by atoms with Crippen molar-refractivity contribution in [2.75, 3.05) is 39.3 Å². The molecule has 9 nitrogen and oxygen atoms in total. The maximum Gasteiger partial charge on any atom is 0.318 e. The summed E-state index contributed by atoms with van der Waals surface area (Å²) in [5.41, 5.74) is -0.503. The Bertz CT molecular complexity index is 1970. The van der Waals surface area contributed by atoms with Gasteiger partial charge in [0.25, 0.3) is 5.91 Å². The van der Waals surface area contributed by atoms with Gasteiger partial charge in [0.15, 0.2) is 11.5 Å². The number of carbonyl (C=O) groups excluding carboxylic acids is 1. The van der Waals surface area contributed by atoms with E-state index in [9.17, 15) is 23.2 Å². The number of halogens is 4. The summed E-state index contributed by atoms with van der Waals surface area (Å²) in [5.74, 6) is -2.68. The number of nitriles is 1. The molecule has 0 saturated carbocycles. The number of hydrogen-bond donors (Lipinski definition) is 1. The van der Waals surface area contributed by atoms with Gasteiger partial charge in [-0.2, -0.15) is 15.2 Å². The third-order valence-corrected chi connectivity index (χ3v) is 10.1. The lowest BCUT2D eigenvalue weighted by Crippen LogP contribution is -2.61. The van der Waals surface area contributed by atoms with Crippen LogP contribution in [0.3, 0.4) is 0 Å². The lowest BCUT2D eigenvalue weighted by Gasteiger charge is -2.45. The van der Waals surface area contributed by atoms with Crippen LogP contribution in [-0.2, 0) is 10.3 Å². The van der Waals surface area contributed by atoms with Crippen molar-refractivity contribution in [3.8, 4) is 23.3 Å². The zero-order valence-electron chi connectivity index (χ0n) is 25.4. The fourth-order valence-electron chi connectivity index (χ4n) is 7.55. The number of piperazine rings is 1. The highest BCUT2D eigenvalue weighted by Crippen LogP contribution is 2.42. The summed E-state index contributed by atoms with van der Waals surface area (Å²) >= 11 is 6.44. The summed E-state index contributed by atoms with van der Waals surface area (Å²) in [6.45, 7) is 5.00. The SMILES string of the molecule is C=C(F)C(=O)N1CCNCC1(CC#N)c1nc(OC[C@@]23CCCN2C[C@H](F)C3)nc2nc(-c3cccc4ccc(F)c(Cl)c34)ccc12. The molecule has 0 bridgehead atoms. The number of alkyl halides is 1. The summed E-state index contributed by atoms with van der Waals surface area (Å²) in [5, 5.41) is 14.8. The van der Waals surface area contributed by atoms with E-state index in [4.69, 9.17) is 26.3 Å². The predicted molar refractivity (Wildman–Crippen MR) is 171 cm³/mol. The average molecular weight is 662 g/mol. The van der Waals surface area contributed by atoms with Gasteiger partial charge in [0.05, 0.1) is 34.4 Å². The van der Waals surface area contributed by atoms with Crippen molar-refractivity contribution in [3.63, 3.8) is 0 Å². The van der Waals surface area contributed by atoms with Crippen molar-refractivity contribution in [2.24, 2.45) is 0 Å². The molecule has 2 aromatic carbocycles. The molecule has 0 spiro atoms. The van der Waals surface area contributed by atoms with E-state index in [-0.39, 0.29) is 48.5 Å². The molecule has 3 atom stereocenters. The van der Waals surface area contributed by atoms with Crippen LogP contribution in [0.4, 0.5) is 13.2 Å². The minimum absolute atomic E-state index is 0.0441. The molecule has 4 aromatic rings. The number of aromatic nitrogens is 3. The third kappa shape index (κ3) is 5.26. The van der Waals surface area contributed by atoms with Gasteiger partial charge in [-0.25, -0.2) is 18.2 Å². The van der Waals surface area contributed by atoms with Crippen molar-refractivity contribution < 1.29 is 22.7 Å². The molecule has 3 saturated heterocycles. The van der Waals surface area contributed by atoms with Gasteiger partial charge in [-0.1, -0.05) is 42.4 Å². The first kappa shape index (κ1) is 31.3. The van der Waals surface area contributed by atoms with Crippen LogP contribution in [-0.4, -0.2) is 81.7 Å². The summed E-state index contributed by atoms with van der Waals surface area (Å²) in [7, 11) is 0. The molecule has 242 valence electrons. The molecule has 5 heterocycles. The normalized spacial score (nSPS) is 24.4. The molecule has 47 heavy (non-hydrogen) atoms. The first-order valence-corrected chi connectivity index (χ1v) is 15.9. The molecule has 0 aliphatic carbocycles. The number of nitrogens with zero attached hydrogens (tertiary/aromatic N) is 6. The van der Waals surface area contributed by atoms with E-state index in [0.29, 0.717) is 46.9 Å². The zero-order chi connectivity index (χ0) is 32.9. The first-order valence-electron chi connectivity index (χ1n) is 15.5. The molecular formula is C34H31ClF3N7O2. The van der Waals surface area contributed by atoms with Crippen molar-refractivity contribution in [1.82, 2.24) is 30.1 Å². The number of ether oxygens (including phenoxy) is 1. The maximum absolute atomic E-state index is 14.6. The molecule has 3 aliphatic rings. The highest BCUT2D eigenvalue weighted by atomic mass is 35.5. The second-order valence-electron chi connectivity index (χ2n) is 12.5. The molecule has 2 aromatic heterocycles. The van der Waals surface area contributed by atoms with Gasteiger partial charge in [0, 0.05) is 48.9 Å². The number of hydrogen-bond acceptors (Lipinski definition) is 8. The Labute approximate surface area is 274 Å². The van der Waals surface area contributed by atoms with Gasteiger partial charge >= 0.3 is 6.01 Å². The van der Waals surface area contributed by atoms with Crippen molar-refractivity contribution in [3.05, 3.63) is 71.4 Å². The first-order chi connectivity index (χ1) is 22.7. The Morgan fingerprint density at radius 2 is 2.04 bits per heavy atom. The zero-order valence-corrected chi connectivity index (χ0v) is 26.2. The lowest BCUT2D eigenvalue weighted by molar-refractivity contribution is -0.137. The molecule has 3 fully saturated rings. The summed E-state index contributed by atoms with van der Waals surface area (Å²) in [6, 6.07) is 13.9. The number of rotatable bonds is 7. The summed E-state index contributed by atoms with van der Waals surface area (Å²) in [6.07, 6.45) is 0.815. The second kappa shape index (κ2) is 12.0. The van der Waals surface area contributed by atoms with E-state index >= 15 is 0 Å². The Hall–Kier alpha value is -4.31. The second-order valence-corrected chi connectivity index (χ2v) is 12.8. The molecule has 3 aliphatic heterocycles. The largest absolute Gasteiger partial charge is 0.461 e. The fourth-order valence-corrected chi connectivity index (χ4v) is 7.83. The topological polar surface area (TPSA) is 107 Å². The molecule has 1 unspecified atom stereocenters. The number of benzene rings is 2. The standard InChI is InChI=1S/C34H31ClF3N7O2/c1-20(36)31(46)45-15-13-40-18-34(45,11-12-39)29-24-7-9-26(23-5-2-4-21-6-8-25(38)28(35)27(21)23)41-30(24)43-32(42-29)47-19-33-10-3-14-44(33)17-22(37)16-33/h2,4-9,22,40H,1,3,10-11,13-19H2/t22-,33+,34?/m1/s1. The van der Waals surface area contributed by atoms with Gasteiger partial charge in [0.1, 0.15) is 24.1 Å². The Balaban J connectivity index is 1.41. The van der Waals surface area contributed by atoms with E-state index in [1.165, 1.54) is 11.0 Å². The minimum atomic E-state index is -1.43. The van der Waals surface area contributed by atoms with Gasteiger partial charge in [0.2, 0.25) is 0 Å². The average Bonchev–Trinajstić information content (AvgIpc) is 3.60. The number of carbonyl (C=O) groups is 1. The third-order valence-electron chi connectivity index (χ3n) is 9.72. The highest BCUT2D eigenvalue weighted by Gasteiger charge is 2.50. The number of pyridine rings is 1. The van der Waals surface area contributed by atoms with Gasteiger partial charge in [-0.15, -0.1) is 0 Å². The van der Waals surface area contributed by atoms with Gasteiger partial charge in [-0.05, 0) is 43.0 Å². The molecule has 13 heteroatoms. The molecule has 1 N–H and O–H groups in total.